The zero-order valence-corrected chi connectivity index (χ0v) is 11.7. The summed E-state index contributed by atoms with van der Waals surface area (Å²) >= 11 is 0. The maximum atomic E-state index is 13.6. The molecule has 5 nitrogen and oxygen atoms in total. The lowest BCUT2D eigenvalue weighted by molar-refractivity contribution is -0.138. The molecule has 22 heavy (non-hydrogen) atoms. The quantitative estimate of drug-likeness (QED) is 0.151. The summed E-state index contributed by atoms with van der Waals surface area (Å²) in [6, 6.07) is 0.768. The van der Waals surface area contributed by atoms with Crippen LogP contribution in [-0.4, -0.2) is 36.6 Å². The summed E-state index contributed by atoms with van der Waals surface area (Å²) < 4.78 is 44.6. The molecule has 0 unspecified atom stereocenters. The van der Waals surface area contributed by atoms with Crippen molar-refractivity contribution in [1.82, 2.24) is 5.32 Å². The van der Waals surface area contributed by atoms with E-state index < -0.39 is 40.3 Å². The summed E-state index contributed by atoms with van der Waals surface area (Å²) in [5.41, 5.74) is -1.57. The number of ether oxygens (including phenoxy) is 1. The first-order valence-corrected chi connectivity index (χ1v) is 6.33. The SMILES string of the molecule is CCOC(=O)C(=CNCCO)C(=O)c1cc(F)cc(F)c1F. The number of benzene rings is 1. The third kappa shape index (κ3) is 4.32. The second-order valence-corrected chi connectivity index (χ2v) is 4.03. The minimum atomic E-state index is -1.57. The summed E-state index contributed by atoms with van der Waals surface area (Å²) in [7, 11) is 0. The Balaban J connectivity index is 3.22. The van der Waals surface area contributed by atoms with Gasteiger partial charge < -0.3 is 15.2 Å². The number of Topliss-reactive ketones (excluding diaryl/α,β-unsaturated/α-hetero) is 1. The average Bonchev–Trinajstić information content (AvgIpc) is 2.47. The third-order valence-electron chi connectivity index (χ3n) is 2.48. The Labute approximate surface area is 124 Å². The van der Waals surface area contributed by atoms with Crippen molar-refractivity contribution in [3.63, 3.8) is 0 Å². The van der Waals surface area contributed by atoms with E-state index in [1.54, 1.807) is 0 Å². The van der Waals surface area contributed by atoms with Gasteiger partial charge in [-0.3, -0.25) is 4.79 Å². The van der Waals surface area contributed by atoms with Crippen molar-refractivity contribution in [2.75, 3.05) is 19.8 Å². The smallest absolute Gasteiger partial charge is 0.343 e. The maximum absolute atomic E-state index is 13.6. The van der Waals surface area contributed by atoms with Crippen molar-refractivity contribution in [3.05, 3.63) is 46.9 Å². The fourth-order valence-corrected chi connectivity index (χ4v) is 1.53. The van der Waals surface area contributed by atoms with E-state index in [4.69, 9.17) is 5.11 Å². The van der Waals surface area contributed by atoms with E-state index in [-0.39, 0.29) is 25.8 Å². The minimum Gasteiger partial charge on any atom is -0.462 e. The van der Waals surface area contributed by atoms with Gasteiger partial charge in [-0.1, -0.05) is 0 Å². The first kappa shape index (κ1) is 17.7. The molecule has 1 aromatic carbocycles. The Kier molecular flexibility index (Phi) is 6.58. The van der Waals surface area contributed by atoms with Gasteiger partial charge in [0.15, 0.2) is 11.6 Å². The van der Waals surface area contributed by atoms with Gasteiger partial charge in [-0.05, 0) is 13.0 Å². The molecule has 0 fully saturated rings. The number of aliphatic hydroxyl groups is 1. The van der Waals surface area contributed by atoms with Crippen LogP contribution < -0.4 is 5.32 Å². The fraction of sp³-hybridized carbons (Fsp3) is 0.286. The molecule has 0 saturated heterocycles. The van der Waals surface area contributed by atoms with E-state index in [2.05, 4.69) is 10.1 Å². The molecule has 1 aromatic rings. The number of carbonyl (C=O) groups excluding carboxylic acids is 2. The molecule has 0 saturated carbocycles. The van der Waals surface area contributed by atoms with Crippen LogP contribution in [-0.2, 0) is 9.53 Å². The Morgan fingerprint density at radius 2 is 2.00 bits per heavy atom. The predicted octanol–water partition coefficient (Wildman–Crippen LogP) is 1.32. The van der Waals surface area contributed by atoms with Gasteiger partial charge in [0.05, 0.1) is 18.8 Å². The van der Waals surface area contributed by atoms with Crippen LogP contribution in [0.3, 0.4) is 0 Å². The van der Waals surface area contributed by atoms with Crippen molar-refractivity contribution in [2.24, 2.45) is 0 Å². The molecular formula is C14H14F3NO4. The van der Waals surface area contributed by atoms with Crippen LogP contribution in [0.2, 0.25) is 0 Å². The van der Waals surface area contributed by atoms with Gasteiger partial charge in [-0.2, -0.15) is 0 Å². The van der Waals surface area contributed by atoms with Gasteiger partial charge in [-0.25, -0.2) is 18.0 Å². The van der Waals surface area contributed by atoms with Gasteiger partial charge in [0.1, 0.15) is 11.4 Å². The van der Waals surface area contributed by atoms with Crippen LogP contribution in [0, 0.1) is 17.5 Å². The highest BCUT2D eigenvalue weighted by molar-refractivity contribution is 6.24. The van der Waals surface area contributed by atoms with E-state index in [9.17, 15) is 22.8 Å². The first-order chi connectivity index (χ1) is 10.4. The summed E-state index contributed by atoms with van der Waals surface area (Å²) in [6.07, 6.45) is 0.902. The van der Waals surface area contributed by atoms with Crippen molar-refractivity contribution >= 4 is 11.8 Å². The van der Waals surface area contributed by atoms with Crippen LogP contribution in [0.25, 0.3) is 0 Å². The number of esters is 1. The second-order valence-electron chi connectivity index (χ2n) is 4.03. The number of carbonyl (C=O) groups is 2. The monoisotopic (exact) mass is 317 g/mol. The largest absolute Gasteiger partial charge is 0.462 e. The molecule has 2 N–H and O–H groups in total. The molecule has 120 valence electrons. The summed E-state index contributed by atoms with van der Waals surface area (Å²) in [5.74, 6) is -6.59. The van der Waals surface area contributed by atoms with Crippen LogP contribution in [0.1, 0.15) is 17.3 Å². The third-order valence-corrected chi connectivity index (χ3v) is 2.48. The lowest BCUT2D eigenvalue weighted by Crippen LogP contribution is -2.22. The zero-order valence-electron chi connectivity index (χ0n) is 11.7. The molecule has 0 amide bonds. The van der Waals surface area contributed by atoms with Crippen LogP contribution >= 0.6 is 0 Å². The molecule has 0 aromatic heterocycles. The Bertz CT molecular complexity index is 602. The Hall–Kier alpha value is -2.35. The lowest BCUT2D eigenvalue weighted by atomic mass is 10.0. The van der Waals surface area contributed by atoms with E-state index in [0.717, 1.165) is 6.20 Å². The number of hydrogen-bond acceptors (Lipinski definition) is 5. The highest BCUT2D eigenvalue weighted by Crippen LogP contribution is 2.18. The van der Waals surface area contributed by atoms with Gasteiger partial charge in [0, 0.05) is 18.8 Å². The number of nitrogens with one attached hydrogen (secondary N) is 1. The molecule has 0 aliphatic rings. The maximum Gasteiger partial charge on any atom is 0.343 e. The van der Waals surface area contributed by atoms with Gasteiger partial charge >= 0.3 is 5.97 Å². The minimum absolute atomic E-state index is 0.0101. The van der Waals surface area contributed by atoms with Crippen molar-refractivity contribution < 1.29 is 32.6 Å². The molecule has 0 aliphatic carbocycles. The van der Waals surface area contributed by atoms with Gasteiger partial charge in [-0.15, -0.1) is 0 Å². The molecule has 0 radical (unpaired) electrons. The Morgan fingerprint density at radius 1 is 1.32 bits per heavy atom. The molecule has 0 spiro atoms. The van der Waals surface area contributed by atoms with E-state index in [0.29, 0.717) is 6.07 Å². The van der Waals surface area contributed by atoms with Crippen molar-refractivity contribution in [2.45, 2.75) is 6.92 Å². The summed E-state index contributed by atoms with van der Waals surface area (Å²) in [4.78, 5) is 23.8. The number of aliphatic hydroxyl groups excluding tert-OH is 1. The standard InChI is InChI=1S/C14H14F3NO4/c1-2-22-14(21)10(7-18-3-4-19)13(20)9-5-8(15)6-11(16)12(9)17/h5-7,18-19H,2-4H2,1H3. The van der Waals surface area contributed by atoms with Crippen molar-refractivity contribution in [3.8, 4) is 0 Å². The van der Waals surface area contributed by atoms with E-state index in [1.165, 1.54) is 6.92 Å². The van der Waals surface area contributed by atoms with E-state index in [1.807, 2.05) is 0 Å². The molecular weight excluding hydrogens is 303 g/mol. The molecule has 8 heteroatoms. The normalized spacial score (nSPS) is 11.2. The van der Waals surface area contributed by atoms with Crippen LogP contribution in [0.15, 0.2) is 23.9 Å². The highest BCUT2D eigenvalue weighted by atomic mass is 19.2. The highest BCUT2D eigenvalue weighted by Gasteiger charge is 2.26. The molecule has 1 rings (SSSR count). The predicted molar refractivity (Wildman–Crippen MR) is 70.5 cm³/mol. The number of ketones is 1. The number of hydrogen-bond donors (Lipinski definition) is 2. The first-order valence-electron chi connectivity index (χ1n) is 6.33. The lowest BCUT2D eigenvalue weighted by Gasteiger charge is -2.08. The Morgan fingerprint density at radius 3 is 2.59 bits per heavy atom. The fourth-order valence-electron chi connectivity index (χ4n) is 1.53. The molecule has 0 atom stereocenters. The second kappa shape index (κ2) is 8.18. The molecule has 0 bridgehead atoms. The summed E-state index contributed by atoms with van der Waals surface area (Å²) in [5, 5.41) is 11.1. The van der Waals surface area contributed by atoms with Crippen LogP contribution in [0.5, 0.6) is 0 Å². The van der Waals surface area contributed by atoms with Gasteiger partial charge in [0.25, 0.3) is 0 Å². The summed E-state index contributed by atoms with van der Waals surface area (Å²) in [6.45, 7) is 1.16. The number of rotatable bonds is 7. The zero-order chi connectivity index (χ0) is 16.7. The molecule has 0 heterocycles. The molecule has 0 aliphatic heterocycles. The number of halogens is 3. The van der Waals surface area contributed by atoms with Crippen LogP contribution in [0.4, 0.5) is 13.2 Å². The topological polar surface area (TPSA) is 75.6 Å². The van der Waals surface area contributed by atoms with Gasteiger partial charge in [0.2, 0.25) is 5.78 Å². The average molecular weight is 317 g/mol. The van der Waals surface area contributed by atoms with Crippen molar-refractivity contribution in [1.29, 1.82) is 0 Å². The van der Waals surface area contributed by atoms with E-state index >= 15 is 0 Å².